The first-order chi connectivity index (χ1) is 14.6. The van der Waals surface area contributed by atoms with Crippen molar-refractivity contribution in [3.05, 3.63) is 52.7 Å². The Hall–Kier alpha value is -2.75. The first-order valence-electron chi connectivity index (χ1n) is 10.3. The van der Waals surface area contributed by atoms with Crippen LogP contribution in [-0.2, 0) is 6.18 Å². The zero-order valence-corrected chi connectivity index (χ0v) is 18.9. The number of imidazole rings is 1. The number of carbonyl (C=O) groups excluding carboxylic acids is 1. The van der Waals surface area contributed by atoms with Crippen LogP contribution in [0.15, 0.2) is 24.4 Å². The minimum atomic E-state index is -4.43. The van der Waals surface area contributed by atoms with Crippen molar-refractivity contribution in [3.63, 3.8) is 0 Å². The van der Waals surface area contributed by atoms with E-state index < -0.39 is 11.7 Å². The zero-order valence-electron chi connectivity index (χ0n) is 17.9. The molecule has 1 N–H and O–H groups in total. The number of halogens is 3. The summed E-state index contributed by atoms with van der Waals surface area (Å²) in [5.74, 6) is 1.08. The summed E-state index contributed by atoms with van der Waals surface area (Å²) in [4.78, 5) is 23.1. The van der Waals surface area contributed by atoms with Crippen LogP contribution in [0.2, 0.25) is 0 Å². The van der Waals surface area contributed by atoms with Gasteiger partial charge in [-0.15, -0.1) is 0 Å². The van der Waals surface area contributed by atoms with E-state index in [0.29, 0.717) is 35.1 Å². The van der Waals surface area contributed by atoms with Crippen LogP contribution >= 0.6 is 13.5 Å². The fourth-order valence-electron chi connectivity index (χ4n) is 4.29. The summed E-state index contributed by atoms with van der Waals surface area (Å²) in [6.07, 6.45) is -0.555. The Kier molecular flexibility index (Phi) is 6.45. The molecule has 5 rings (SSSR count). The number of aromatic amines is 1. The van der Waals surface area contributed by atoms with Crippen molar-refractivity contribution in [2.75, 3.05) is 11.4 Å². The van der Waals surface area contributed by atoms with Crippen LogP contribution in [0.25, 0.3) is 11.3 Å². The lowest BCUT2D eigenvalue weighted by atomic mass is 10.0. The lowest BCUT2D eigenvalue weighted by Crippen LogP contribution is -2.43. The van der Waals surface area contributed by atoms with E-state index >= 15 is 0 Å². The molecule has 1 fully saturated rings. The van der Waals surface area contributed by atoms with Gasteiger partial charge in [-0.25, -0.2) is 4.98 Å². The van der Waals surface area contributed by atoms with Crippen LogP contribution in [0, 0.1) is 13.8 Å². The predicted molar refractivity (Wildman–Crippen MR) is 126 cm³/mol. The number of rotatable bonds is 3. The third kappa shape index (κ3) is 4.16. The average Bonchev–Trinajstić information content (AvgIpc) is 3.33. The van der Waals surface area contributed by atoms with Gasteiger partial charge in [-0.05, 0) is 57.4 Å². The summed E-state index contributed by atoms with van der Waals surface area (Å²) in [7, 11) is 0. The van der Waals surface area contributed by atoms with Gasteiger partial charge in [-0.2, -0.15) is 31.8 Å². The SMILES string of the molecule is C.Cc1cc(N2C[C@H](C)n3ncc(-c4nc(C5CC5)[nH]c4C)c3C2=O)ccc1C(F)(F)F.S. The van der Waals surface area contributed by atoms with Gasteiger partial charge in [0.1, 0.15) is 11.5 Å². The Morgan fingerprint density at radius 1 is 1.18 bits per heavy atom. The molecule has 1 aliphatic heterocycles. The Bertz CT molecular complexity index is 1200. The van der Waals surface area contributed by atoms with Crippen molar-refractivity contribution < 1.29 is 18.0 Å². The molecule has 2 aromatic heterocycles. The largest absolute Gasteiger partial charge is 0.416 e. The number of hydrogen-bond donors (Lipinski definition) is 1. The lowest BCUT2D eigenvalue weighted by Gasteiger charge is -2.32. The maximum Gasteiger partial charge on any atom is 0.416 e. The molecule has 3 aromatic rings. The highest BCUT2D eigenvalue weighted by Gasteiger charge is 2.37. The van der Waals surface area contributed by atoms with Gasteiger partial charge in [-0.1, -0.05) is 7.43 Å². The molecule has 3 heterocycles. The summed E-state index contributed by atoms with van der Waals surface area (Å²) < 4.78 is 41.2. The van der Waals surface area contributed by atoms with Crippen molar-refractivity contribution in [1.29, 1.82) is 0 Å². The number of fused-ring (bicyclic) bond motifs is 1. The molecule has 1 aromatic carbocycles. The maximum atomic E-state index is 13.5. The quantitative estimate of drug-likeness (QED) is 0.520. The van der Waals surface area contributed by atoms with Crippen LogP contribution in [0.5, 0.6) is 0 Å². The lowest BCUT2D eigenvalue weighted by molar-refractivity contribution is -0.138. The van der Waals surface area contributed by atoms with Crippen molar-refractivity contribution >= 4 is 25.1 Å². The van der Waals surface area contributed by atoms with Gasteiger partial charge < -0.3 is 9.88 Å². The number of nitrogens with one attached hydrogen (secondary N) is 1. The van der Waals surface area contributed by atoms with Crippen LogP contribution in [0.1, 0.15) is 72.3 Å². The number of carbonyl (C=O) groups is 1. The van der Waals surface area contributed by atoms with E-state index in [9.17, 15) is 18.0 Å². The number of nitrogens with zero attached hydrogens (tertiary/aromatic N) is 4. The molecule has 178 valence electrons. The van der Waals surface area contributed by atoms with Crippen molar-refractivity contribution in [1.82, 2.24) is 19.7 Å². The van der Waals surface area contributed by atoms with Crippen LogP contribution in [0.4, 0.5) is 18.9 Å². The number of H-pyrrole nitrogens is 1. The molecule has 1 aliphatic carbocycles. The van der Waals surface area contributed by atoms with Crippen molar-refractivity contribution in [3.8, 4) is 11.3 Å². The Labute approximate surface area is 197 Å². The summed E-state index contributed by atoms with van der Waals surface area (Å²) in [5, 5.41) is 4.43. The molecule has 33 heavy (non-hydrogen) atoms. The smallest absolute Gasteiger partial charge is 0.345 e. The average molecular weight is 480 g/mol. The highest BCUT2D eigenvalue weighted by molar-refractivity contribution is 7.59. The van der Waals surface area contributed by atoms with Gasteiger partial charge in [0, 0.05) is 23.8 Å². The summed E-state index contributed by atoms with van der Waals surface area (Å²) in [5.41, 5.74) is 2.47. The normalized spacial score (nSPS) is 17.9. The molecule has 1 saturated carbocycles. The topological polar surface area (TPSA) is 66.8 Å². The third-order valence-corrected chi connectivity index (χ3v) is 6.06. The number of hydrogen-bond acceptors (Lipinski definition) is 3. The highest BCUT2D eigenvalue weighted by Crippen LogP contribution is 2.41. The van der Waals surface area contributed by atoms with Gasteiger partial charge in [0.2, 0.25) is 0 Å². The Morgan fingerprint density at radius 3 is 2.48 bits per heavy atom. The molecule has 0 saturated heterocycles. The number of amides is 1. The highest BCUT2D eigenvalue weighted by atomic mass is 32.1. The fourth-order valence-corrected chi connectivity index (χ4v) is 4.29. The first kappa shape index (κ1) is 24.9. The Morgan fingerprint density at radius 2 is 1.88 bits per heavy atom. The van der Waals surface area contributed by atoms with Gasteiger partial charge in [-0.3, -0.25) is 9.48 Å². The number of alkyl halides is 3. The third-order valence-electron chi connectivity index (χ3n) is 6.06. The fraction of sp³-hybridized carbons (Fsp3) is 0.435. The molecule has 1 amide bonds. The van der Waals surface area contributed by atoms with Gasteiger partial charge in [0.15, 0.2) is 0 Å². The minimum absolute atomic E-state index is 0. The number of aromatic nitrogens is 4. The molecule has 0 unspecified atom stereocenters. The van der Waals surface area contributed by atoms with E-state index in [1.807, 2.05) is 13.8 Å². The summed E-state index contributed by atoms with van der Waals surface area (Å²) in [6.45, 7) is 5.59. The molecular formula is C23H28F3N5OS. The number of anilines is 1. The van der Waals surface area contributed by atoms with Crippen LogP contribution in [-0.4, -0.2) is 32.2 Å². The van der Waals surface area contributed by atoms with Gasteiger partial charge >= 0.3 is 6.18 Å². The molecule has 6 nitrogen and oxygen atoms in total. The molecule has 0 spiro atoms. The summed E-state index contributed by atoms with van der Waals surface area (Å²) in [6, 6.07) is 3.68. The predicted octanol–water partition coefficient (Wildman–Crippen LogP) is 5.76. The Balaban J connectivity index is 0.00000153. The van der Waals surface area contributed by atoms with Gasteiger partial charge in [0.05, 0.1) is 29.1 Å². The van der Waals surface area contributed by atoms with E-state index in [0.717, 1.165) is 30.4 Å². The standard InChI is InChI=1S/C22H22F3N5O.CH4.H2S/c1-11-8-15(6-7-17(11)22(23,24)25)29-10-12(2)30-19(21(29)31)16(9-26-30)18-13(3)27-20(28-18)14-4-5-14;;/h6-9,12,14H,4-5,10H2,1-3H3,(H,27,28);1H4;1H2/t12-;;/m0../s1. The molecule has 0 radical (unpaired) electrons. The number of benzene rings is 1. The second-order valence-corrected chi connectivity index (χ2v) is 8.48. The minimum Gasteiger partial charge on any atom is -0.345 e. The summed E-state index contributed by atoms with van der Waals surface area (Å²) >= 11 is 0. The van der Waals surface area contributed by atoms with E-state index in [2.05, 4.69) is 10.1 Å². The van der Waals surface area contributed by atoms with Crippen LogP contribution < -0.4 is 4.90 Å². The van der Waals surface area contributed by atoms with Crippen molar-refractivity contribution in [2.24, 2.45) is 0 Å². The van der Waals surface area contributed by atoms with Crippen molar-refractivity contribution in [2.45, 2.75) is 59.2 Å². The second kappa shape index (κ2) is 8.55. The molecule has 1 atom stereocenters. The molecule has 0 bridgehead atoms. The molecular weight excluding hydrogens is 451 g/mol. The first-order valence-corrected chi connectivity index (χ1v) is 10.3. The monoisotopic (exact) mass is 479 g/mol. The van der Waals surface area contributed by atoms with E-state index in [1.54, 1.807) is 10.9 Å². The number of aryl methyl sites for hydroxylation is 2. The van der Waals surface area contributed by atoms with E-state index in [4.69, 9.17) is 4.98 Å². The van der Waals surface area contributed by atoms with E-state index in [-0.39, 0.29) is 38.4 Å². The zero-order chi connectivity index (χ0) is 22.1. The molecule has 10 heteroatoms. The van der Waals surface area contributed by atoms with Gasteiger partial charge in [0.25, 0.3) is 5.91 Å². The molecule has 2 aliphatic rings. The maximum absolute atomic E-state index is 13.5. The van der Waals surface area contributed by atoms with E-state index in [1.165, 1.54) is 24.0 Å². The van der Waals surface area contributed by atoms with Crippen LogP contribution in [0.3, 0.4) is 0 Å². The second-order valence-electron chi connectivity index (χ2n) is 8.48.